The van der Waals surface area contributed by atoms with Crippen LogP contribution in [0.4, 0.5) is 0 Å². The molecule has 12 nitrogen and oxygen atoms in total. The van der Waals surface area contributed by atoms with Gasteiger partial charge in [0.15, 0.2) is 6.61 Å². The predicted molar refractivity (Wildman–Crippen MR) is 134 cm³/mol. The van der Waals surface area contributed by atoms with Gasteiger partial charge in [-0.3, -0.25) is 29.1 Å². The number of benzene rings is 1. The van der Waals surface area contributed by atoms with Gasteiger partial charge < -0.3 is 30.0 Å². The number of rotatable bonds is 15. The van der Waals surface area contributed by atoms with Crippen LogP contribution in [0.1, 0.15) is 30.9 Å². The summed E-state index contributed by atoms with van der Waals surface area (Å²) < 4.78 is 23.0. The van der Waals surface area contributed by atoms with E-state index in [1.807, 2.05) is 0 Å². The molecule has 0 aliphatic carbocycles. The van der Waals surface area contributed by atoms with Gasteiger partial charge >= 0.3 is 0 Å². The fourth-order valence-corrected chi connectivity index (χ4v) is 3.86. The SMILES string of the molecule is Cc1cc(=O)n(C2CCC(=O)NC2=O)c2cc(OCC(=O)NCOCCOCCOCCCN)ccc12. The Hall–Kier alpha value is -3.32. The zero-order valence-electron chi connectivity index (χ0n) is 21.0. The highest BCUT2D eigenvalue weighted by Gasteiger charge is 2.30. The van der Waals surface area contributed by atoms with E-state index in [0.29, 0.717) is 50.8 Å². The Morgan fingerprint density at radius 2 is 1.81 bits per heavy atom. The Bertz CT molecular complexity index is 1150. The zero-order chi connectivity index (χ0) is 26.6. The molecule has 1 saturated heterocycles. The van der Waals surface area contributed by atoms with Crippen LogP contribution in [0.5, 0.6) is 5.75 Å². The molecule has 1 aromatic heterocycles. The molecule has 2 heterocycles. The van der Waals surface area contributed by atoms with Crippen molar-refractivity contribution in [2.24, 2.45) is 5.73 Å². The minimum absolute atomic E-state index is 0.00449. The summed E-state index contributed by atoms with van der Waals surface area (Å²) in [4.78, 5) is 48.9. The van der Waals surface area contributed by atoms with Gasteiger partial charge in [0, 0.05) is 30.5 Å². The first-order chi connectivity index (χ1) is 17.9. The first-order valence-electron chi connectivity index (χ1n) is 12.2. The van der Waals surface area contributed by atoms with Crippen molar-refractivity contribution in [3.05, 3.63) is 40.2 Å². The van der Waals surface area contributed by atoms with Crippen LogP contribution >= 0.6 is 0 Å². The molecule has 4 N–H and O–H groups in total. The summed E-state index contributed by atoms with van der Waals surface area (Å²) >= 11 is 0. The molecule has 1 fully saturated rings. The molecule has 0 bridgehead atoms. The second-order valence-electron chi connectivity index (χ2n) is 8.49. The highest BCUT2D eigenvalue weighted by molar-refractivity contribution is 6.00. The number of pyridine rings is 1. The number of ether oxygens (including phenoxy) is 4. The van der Waals surface area contributed by atoms with Gasteiger partial charge in [-0.1, -0.05) is 0 Å². The first-order valence-corrected chi connectivity index (χ1v) is 12.2. The summed E-state index contributed by atoms with van der Waals surface area (Å²) in [7, 11) is 0. The second kappa shape index (κ2) is 14.4. The zero-order valence-corrected chi connectivity index (χ0v) is 21.0. The van der Waals surface area contributed by atoms with E-state index in [1.165, 1.54) is 10.6 Å². The molecule has 37 heavy (non-hydrogen) atoms. The number of aromatic nitrogens is 1. The molecule has 1 atom stereocenters. The maximum absolute atomic E-state index is 12.8. The summed E-state index contributed by atoms with van der Waals surface area (Å²) in [6.45, 7) is 4.38. The number of carbonyl (C=O) groups is 3. The molecular weight excluding hydrogens is 484 g/mol. The van der Waals surface area contributed by atoms with Crippen LogP contribution in [-0.2, 0) is 28.6 Å². The van der Waals surface area contributed by atoms with Gasteiger partial charge in [0.05, 0.1) is 31.9 Å². The number of amides is 3. The van der Waals surface area contributed by atoms with Crippen molar-refractivity contribution in [3.63, 3.8) is 0 Å². The largest absolute Gasteiger partial charge is 0.484 e. The minimum Gasteiger partial charge on any atom is -0.484 e. The van der Waals surface area contributed by atoms with E-state index < -0.39 is 11.9 Å². The van der Waals surface area contributed by atoms with Gasteiger partial charge in [0.25, 0.3) is 11.5 Å². The van der Waals surface area contributed by atoms with Crippen LogP contribution < -0.4 is 26.7 Å². The Balaban J connectivity index is 1.48. The van der Waals surface area contributed by atoms with Crippen LogP contribution in [0.25, 0.3) is 10.9 Å². The molecule has 0 saturated carbocycles. The highest BCUT2D eigenvalue weighted by atomic mass is 16.5. The lowest BCUT2D eigenvalue weighted by molar-refractivity contribution is -0.135. The fraction of sp³-hybridized carbons (Fsp3) is 0.520. The number of nitrogens with one attached hydrogen (secondary N) is 2. The summed E-state index contributed by atoms with van der Waals surface area (Å²) in [5.41, 5.74) is 6.26. The predicted octanol–water partition coefficient (Wildman–Crippen LogP) is 0.139. The van der Waals surface area contributed by atoms with Gasteiger partial charge in [-0.05, 0) is 44.0 Å². The Labute approximate surface area is 214 Å². The Morgan fingerprint density at radius 1 is 1.08 bits per heavy atom. The van der Waals surface area contributed by atoms with Crippen LogP contribution in [-0.4, -0.2) is 75.2 Å². The van der Waals surface area contributed by atoms with Crippen molar-refractivity contribution >= 4 is 28.6 Å². The van der Waals surface area contributed by atoms with Gasteiger partial charge in [0.1, 0.15) is 18.5 Å². The maximum atomic E-state index is 12.8. The van der Waals surface area contributed by atoms with Crippen LogP contribution in [0, 0.1) is 6.92 Å². The molecule has 3 amide bonds. The number of piperidine rings is 1. The number of aryl methyl sites for hydroxylation is 1. The number of nitrogens with zero attached hydrogens (tertiary/aromatic N) is 1. The van der Waals surface area contributed by atoms with Crippen LogP contribution in [0.15, 0.2) is 29.1 Å². The van der Waals surface area contributed by atoms with E-state index in [-0.39, 0.29) is 43.6 Å². The van der Waals surface area contributed by atoms with Crippen molar-refractivity contribution in [3.8, 4) is 5.75 Å². The van der Waals surface area contributed by atoms with E-state index >= 15 is 0 Å². The molecule has 12 heteroatoms. The van der Waals surface area contributed by atoms with E-state index in [1.54, 1.807) is 25.1 Å². The summed E-state index contributed by atoms with van der Waals surface area (Å²) in [6.07, 6.45) is 1.19. The van der Waals surface area contributed by atoms with Crippen LogP contribution in [0.2, 0.25) is 0 Å². The molecule has 2 aromatic rings. The average Bonchev–Trinajstić information content (AvgIpc) is 2.87. The van der Waals surface area contributed by atoms with Crippen molar-refractivity contribution in [1.29, 1.82) is 0 Å². The van der Waals surface area contributed by atoms with E-state index in [0.717, 1.165) is 17.4 Å². The summed E-state index contributed by atoms with van der Waals surface area (Å²) in [5.74, 6) is -0.908. The Morgan fingerprint density at radius 3 is 2.54 bits per heavy atom. The molecule has 1 unspecified atom stereocenters. The number of imide groups is 1. The van der Waals surface area contributed by atoms with Crippen LogP contribution in [0.3, 0.4) is 0 Å². The molecule has 202 valence electrons. The smallest absolute Gasteiger partial charge is 0.259 e. The highest BCUT2D eigenvalue weighted by Crippen LogP contribution is 2.27. The standard InChI is InChI=1S/C25H34N4O8/c1-17-13-24(32)29(20-5-6-22(30)28-25(20)33)21-14-18(3-4-19(17)21)37-15-23(31)27-16-36-12-11-35-10-9-34-8-2-7-26/h3-4,13-14,20H,2,5-12,15-16,26H2,1H3,(H,27,31)(H,28,30,33). The quantitative estimate of drug-likeness (QED) is 0.169. The third-order valence-electron chi connectivity index (χ3n) is 5.73. The fourth-order valence-electron chi connectivity index (χ4n) is 3.86. The molecule has 3 rings (SSSR count). The molecule has 1 aromatic carbocycles. The van der Waals surface area contributed by atoms with E-state index in [4.69, 9.17) is 24.7 Å². The van der Waals surface area contributed by atoms with E-state index in [2.05, 4.69) is 10.6 Å². The van der Waals surface area contributed by atoms with Gasteiger partial charge in [0.2, 0.25) is 11.8 Å². The van der Waals surface area contributed by atoms with Gasteiger partial charge in [-0.25, -0.2) is 0 Å². The number of nitrogens with two attached hydrogens (primary N) is 1. The second-order valence-corrected chi connectivity index (χ2v) is 8.49. The normalized spacial score (nSPS) is 15.6. The number of fused-ring (bicyclic) bond motifs is 1. The molecule has 1 aliphatic rings. The average molecular weight is 519 g/mol. The monoisotopic (exact) mass is 518 g/mol. The molecule has 0 spiro atoms. The lowest BCUT2D eigenvalue weighted by Gasteiger charge is -2.25. The number of hydrogen-bond acceptors (Lipinski definition) is 9. The number of hydrogen-bond donors (Lipinski definition) is 3. The number of carbonyl (C=O) groups excluding carboxylic acids is 3. The van der Waals surface area contributed by atoms with Crippen molar-refractivity contribution in [1.82, 2.24) is 15.2 Å². The Kier molecular flexibility index (Phi) is 11.0. The molecular formula is C25H34N4O8. The van der Waals surface area contributed by atoms with Crippen molar-refractivity contribution in [2.45, 2.75) is 32.2 Å². The lowest BCUT2D eigenvalue weighted by atomic mass is 10.0. The topological polar surface area (TPSA) is 160 Å². The lowest BCUT2D eigenvalue weighted by Crippen LogP contribution is -2.44. The molecule has 1 aliphatic heterocycles. The third kappa shape index (κ3) is 8.35. The van der Waals surface area contributed by atoms with Gasteiger partial charge in [-0.2, -0.15) is 0 Å². The first kappa shape index (κ1) is 28.3. The van der Waals surface area contributed by atoms with Crippen molar-refractivity contribution < 1.29 is 33.3 Å². The van der Waals surface area contributed by atoms with Gasteiger partial charge in [-0.15, -0.1) is 0 Å². The third-order valence-corrected chi connectivity index (χ3v) is 5.73. The van der Waals surface area contributed by atoms with Crippen molar-refractivity contribution in [2.75, 3.05) is 52.9 Å². The van der Waals surface area contributed by atoms with E-state index in [9.17, 15) is 19.2 Å². The maximum Gasteiger partial charge on any atom is 0.259 e. The summed E-state index contributed by atoms with van der Waals surface area (Å²) in [5, 5.41) is 5.64. The molecule has 0 radical (unpaired) electrons. The minimum atomic E-state index is -0.809. The summed E-state index contributed by atoms with van der Waals surface area (Å²) in [6, 6.07) is 5.73.